The molecule has 39 heavy (non-hydrogen) atoms. The van der Waals surface area contributed by atoms with Gasteiger partial charge in [0.05, 0.1) is 6.54 Å². The average Bonchev–Trinajstić information content (AvgIpc) is 3.25. The van der Waals surface area contributed by atoms with Crippen molar-refractivity contribution in [1.29, 1.82) is 0 Å². The molecule has 8 nitrogen and oxygen atoms in total. The highest BCUT2D eigenvalue weighted by Gasteiger charge is 2.30. The van der Waals surface area contributed by atoms with E-state index < -0.39 is 11.7 Å². The number of nitrogens with two attached hydrogens (primary N) is 1. The van der Waals surface area contributed by atoms with E-state index in [1.165, 1.54) is 27.8 Å². The van der Waals surface area contributed by atoms with Gasteiger partial charge in [-0.25, -0.2) is 4.79 Å². The van der Waals surface area contributed by atoms with Crippen LogP contribution in [-0.4, -0.2) is 31.5 Å². The molecule has 2 unspecified atom stereocenters. The monoisotopic (exact) mass is 545 g/mol. The van der Waals surface area contributed by atoms with E-state index in [1.54, 1.807) is 0 Å². The lowest BCUT2D eigenvalue weighted by molar-refractivity contribution is -0.118. The van der Waals surface area contributed by atoms with Crippen LogP contribution in [-0.2, 0) is 16.0 Å². The van der Waals surface area contributed by atoms with Crippen LogP contribution in [0, 0.1) is 0 Å². The molecule has 1 amide bonds. The fraction of sp³-hybridized carbons (Fsp3) is 0.333. The number of Topliss-reactive ketones (excluding diaryl/α,β-unsaturated/α-hetero) is 1. The van der Waals surface area contributed by atoms with E-state index in [4.69, 9.17) is 27.6 Å². The summed E-state index contributed by atoms with van der Waals surface area (Å²) in [5.74, 6) is 0.330. The Bertz CT molecular complexity index is 1350. The molecule has 0 heterocycles. The highest BCUT2D eigenvalue weighted by molar-refractivity contribution is 6.20. The van der Waals surface area contributed by atoms with Gasteiger partial charge in [-0.1, -0.05) is 89.9 Å². The van der Waals surface area contributed by atoms with Gasteiger partial charge in [0.15, 0.2) is 0 Å². The number of fused-ring (bicyclic) bond motifs is 3. The highest BCUT2D eigenvalue weighted by atomic mass is 35.5. The molecule has 3 aromatic carbocycles. The van der Waals surface area contributed by atoms with Crippen molar-refractivity contribution in [3.63, 3.8) is 0 Å². The Balaban J connectivity index is 1.44. The predicted octanol–water partition coefficient (Wildman–Crippen LogP) is 6.75. The number of ketones is 1. The molecule has 0 spiro atoms. The molecule has 3 aromatic rings. The first-order chi connectivity index (χ1) is 19.0. The number of carbonyl (C=O) groups excluding carboxylic acids is 2. The zero-order valence-corrected chi connectivity index (χ0v) is 22.4. The maximum Gasteiger partial charge on any atom is 0.406 e. The van der Waals surface area contributed by atoms with Crippen LogP contribution in [0.2, 0.25) is 0 Å². The van der Waals surface area contributed by atoms with E-state index in [1.807, 2.05) is 24.3 Å². The van der Waals surface area contributed by atoms with Crippen molar-refractivity contribution in [1.82, 2.24) is 5.32 Å². The summed E-state index contributed by atoms with van der Waals surface area (Å²) in [6.45, 7) is 1.48. The number of amides is 1. The number of nitrogens with one attached hydrogen (secondary N) is 1. The molecule has 202 valence electrons. The third-order valence-electron chi connectivity index (χ3n) is 6.97. The number of unbranched alkanes of at least 4 members (excludes halogenated alkanes) is 2. The van der Waals surface area contributed by atoms with Crippen LogP contribution >= 0.6 is 11.6 Å². The number of halogens is 1. The molecule has 0 aliphatic heterocycles. The molecular formula is C30H32ClN5O3. The second-order valence-electron chi connectivity index (χ2n) is 9.62. The molecule has 0 bridgehead atoms. The Morgan fingerprint density at radius 2 is 1.79 bits per heavy atom. The van der Waals surface area contributed by atoms with E-state index in [9.17, 15) is 9.59 Å². The maximum atomic E-state index is 12.5. The van der Waals surface area contributed by atoms with Crippen LogP contribution in [0.4, 0.5) is 4.79 Å². The van der Waals surface area contributed by atoms with Gasteiger partial charge in [-0.2, -0.15) is 0 Å². The minimum atomic E-state index is -0.928. The Kier molecular flexibility index (Phi) is 9.97. The van der Waals surface area contributed by atoms with Gasteiger partial charge in [-0.05, 0) is 58.2 Å². The molecule has 0 aromatic heterocycles. The summed E-state index contributed by atoms with van der Waals surface area (Å²) in [6, 6.07) is 22.5. The van der Waals surface area contributed by atoms with Crippen molar-refractivity contribution in [2.45, 2.75) is 43.6 Å². The molecule has 0 saturated heterocycles. The first-order valence-corrected chi connectivity index (χ1v) is 13.5. The lowest BCUT2D eigenvalue weighted by Gasteiger charge is -2.18. The summed E-state index contributed by atoms with van der Waals surface area (Å²) in [7, 11) is 0. The number of nitrogens with zero attached hydrogens (tertiary/aromatic N) is 3. The minimum Gasteiger partial charge on any atom is -0.425 e. The maximum absolute atomic E-state index is 12.5. The Labute approximate surface area is 233 Å². The molecule has 0 saturated carbocycles. The lowest BCUT2D eigenvalue weighted by Crippen LogP contribution is -2.27. The number of benzene rings is 3. The number of azide groups is 1. The molecule has 2 atom stereocenters. The predicted molar refractivity (Wildman–Crippen MR) is 153 cm³/mol. The van der Waals surface area contributed by atoms with Crippen molar-refractivity contribution in [2.24, 2.45) is 10.8 Å². The van der Waals surface area contributed by atoms with Gasteiger partial charge in [-0.3, -0.25) is 4.79 Å². The smallest absolute Gasteiger partial charge is 0.406 e. The number of carbonyl (C=O) groups is 2. The minimum absolute atomic E-state index is 0.138. The number of hydrogen-bond donors (Lipinski definition) is 2. The topological polar surface area (TPSA) is 130 Å². The van der Waals surface area contributed by atoms with E-state index >= 15 is 0 Å². The third kappa shape index (κ3) is 7.39. The number of rotatable bonds is 14. The molecule has 3 N–H and O–H groups in total. The van der Waals surface area contributed by atoms with Crippen molar-refractivity contribution < 1.29 is 14.3 Å². The summed E-state index contributed by atoms with van der Waals surface area (Å²) in [5, 5.41) is 6.94. The van der Waals surface area contributed by atoms with Crippen molar-refractivity contribution in [3.05, 3.63) is 105 Å². The van der Waals surface area contributed by atoms with Gasteiger partial charge < -0.3 is 15.8 Å². The Hall–Kier alpha value is -3.84. The van der Waals surface area contributed by atoms with Gasteiger partial charge in [0, 0.05) is 35.9 Å². The number of primary amides is 1. The van der Waals surface area contributed by atoms with Crippen molar-refractivity contribution in [2.75, 3.05) is 19.6 Å². The number of hydrogen-bond acceptors (Lipinski definition) is 5. The molecule has 0 fully saturated rings. The SMILES string of the molecule is [N-]=[N+]=NCCCCCC(=O)CNCC1c2ccccc2-c2cccc(Cc3ccc(C(Cl)OC(N)=O)cc3)c21. The van der Waals surface area contributed by atoms with Crippen LogP contribution in [0.3, 0.4) is 0 Å². The standard InChI is InChI=1S/C30H32ClN5O3/c31-29(39-30(32)38)21-14-12-20(13-15-21)17-22-7-6-11-26-24-9-3-4-10-25(24)27(28(22)26)19-34-18-23(37)8-2-1-5-16-35-36-33/h3-4,6-7,9-15,27,29,34H,1-2,5,8,16-19H2,(H2,32,38). The fourth-order valence-electron chi connectivity index (χ4n) is 5.17. The first-order valence-electron chi connectivity index (χ1n) is 13.1. The van der Waals surface area contributed by atoms with Crippen LogP contribution in [0.1, 0.15) is 65.0 Å². The fourth-order valence-corrected chi connectivity index (χ4v) is 5.41. The van der Waals surface area contributed by atoms with E-state index in [-0.39, 0.29) is 11.7 Å². The zero-order chi connectivity index (χ0) is 27.6. The van der Waals surface area contributed by atoms with Crippen LogP contribution in [0.15, 0.2) is 71.8 Å². The average molecular weight is 546 g/mol. The van der Waals surface area contributed by atoms with Crippen molar-refractivity contribution >= 4 is 23.5 Å². The number of alkyl halides is 1. The second kappa shape index (κ2) is 13.8. The van der Waals surface area contributed by atoms with E-state index in [0.717, 1.165) is 31.2 Å². The van der Waals surface area contributed by atoms with Crippen LogP contribution < -0.4 is 11.1 Å². The van der Waals surface area contributed by atoms with Gasteiger partial charge in [0.1, 0.15) is 5.78 Å². The molecule has 4 rings (SSSR count). The first kappa shape index (κ1) is 28.2. The lowest BCUT2D eigenvalue weighted by atomic mass is 9.89. The van der Waals surface area contributed by atoms with E-state index in [0.29, 0.717) is 31.6 Å². The van der Waals surface area contributed by atoms with Crippen molar-refractivity contribution in [3.8, 4) is 11.1 Å². The van der Waals surface area contributed by atoms with Gasteiger partial charge >= 0.3 is 6.09 Å². The molecule has 1 aliphatic rings. The van der Waals surface area contributed by atoms with Gasteiger partial charge in [-0.15, -0.1) is 0 Å². The summed E-state index contributed by atoms with van der Waals surface area (Å²) in [5.41, 5.74) is 20.5. The largest absolute Gasteiger partial charge is 0.425 e. The van der Waals surface area contributed by atoms with Gasteiger partial charge in [0.25, 0.3) is 0 Å². The quantitative estimate of drug-likeness (QED) is 0.0762. The second-order valence-corrected chi connectivity index (χ2v) is 10.0. The summed E-state index contributed by atoms with van der Waals surface area (Å²) in [4.78, 5) is 26.2. The Morgan fingerprint density at radius 1 is 1.03 bits per heavy atom. The highest BCUT2D eigenvalue weighted by Crippen LogP contribution is 2.46. The molecule has 9 heteroatoms. The molecule has 1 aliphatic carbocycles. The molecule has 0 radical (unpaired) electrons. The third-order valence-corrected chi connectivity index (χ3v) is 7.32. The molecular weight excluding hydrogens is 514 g/mol. The zero-order valence-electron chi connectivity index (χ0n) is 21.7. The normalized spacial score (nSPS) is 14.1. The summed E-state index contributed by atoms with van der Waals surface area (Å²) < 4.78 is 4.86. The van der Waals surface area contributed by atoms with Gasteiger partial charge in [0.2, 0.25) is 5.56 Å². The summed E-state index contributed by atoms with van der Waals surface area (Å²) in [6.07, 6.45) is 2.82. The Morgan fingerprint density at radius 3 is 2.56 bits per heavy atom. The number of ether oxygens (including phenoxy) is 1. The van der Waals surface area contributed by atoms with E-state index in [2.05, 4.69) is 57.8 Å². The van der Waals surface area contributed by atoms with Crippen LogP contribution in [0.5, 0.6) is 0 Å². The van der Waals surface area contributed by atoms with Crippen LogP contribution in [0.25, 0.3) is 21.6 Å². The summed E-state index contributed by atoms with van der Waals surface area (Å²) >= 11 is 6.12.